The van der Waals surface area contributed by atoms with E-state index < -0.39 is 0 Å². The number of halogens is 1. The highest BCUT2D eigenvalue weighted by atomic mass is 19.1. The van der Waals surface area contributed by atoms with E-state index in [1.807, 2.05) is 6.07 Å². The number of nitrogens with zero attached hydrogens (tertiary/aromatic N) is 1. The van der Waals surface area contributed by atoms with Crippen LogP contribution in [0.2, 0.25) is 0 Å². The van der Waals surface area contributed by atoms with Crippen LogP contribution >= 0.6 is 0 Å². The lowest BCUT2D eigenvalue weighted by Gasteiger charge is -2.32. The van der Waals surface area contributed by atoms with Crippen molar-refractivity contribution in [1.29, 1.82) is 0 Å². The summed E-state index contributed by atoms with van der Waals surface area (Å²) in [6.45, 7) is 3.34. The zero-order valence-electron chi connectivity index (χ0n) is 12.5. The van der Waals surface area contributed by atoms with Gasteiger partial charge < -0.3 is 10.2 Å². The van der Waals surface area contributed by atoms with E-state index in [9.17, 15) is 4.39 Å². The molecule has 0 amide bonds. The Hall–Kier alpha value is -1.87. The number of rotatable bonds is 1. The van der Waals surface area contributed by atoms with E-state index in [0.717, 1.165) is 31.6 Å². The van der Waals surface area contributed by atoms with Gasteiger partial charge in [-0.2, -0.15) is 0 Å². The minimum absolute atomic E-state index is 0.159. The van der Waals surface area contributed by atoms with Crippen LogP contribution in [-0.2, 0) is 6.42 Å². The summed E-state index contributed by atoms with van der Waals surface area (Å²) in [7, 11) is 0. The third-order valence-electron chi connectivity index (χ3n) is 5.53. The molecule has 0 bridgehead atoms. The van der Waals surface area contributed by atoms with Gasteiger partial charge in [0.2, 0.25) is 0 Å². The van der Waals surface area contributed by atoms with Crippen LogP contribution in [-0.4, -0.2) is 25.7 Å². The van der Waals surface area contributed by atoms with Crippen LogP contribution in [0.1, 0.15) is 23.5 Å². The van der Waals surface area contributed by atoms with Gasteiger partial charge in [-0.25, -0.2) is 4.39 Å². The van der Waals surface area contributed by atoms with Crippen molar-refractivity contribution < 1.29 is 4.39 Å². The van der Waals surface area contributed by atoms with Crippen LogP contribution in [0.4, 0.5) is 10.1 Å². The molecule has 3 aliphatic rings. The second-order valence-electron chi connectivity index (χ2n) is 6.69. The van der Waals surface area contributed by atoms with Crippen molar-refractivity contribution in [3.63, 3.8) is 0 Å². The number of hydrogen-bond donors (Lipinski definition) is 1. The Morgan fingerprint density at radius 2 is 2.09 bits per heavy atom. The zero-order chi connectivity index (χ0) is 14.7. The van der Waals surface area contributed by atoms with Gasteiger partial charge in [0.1, 0.15) is 5.82 Å². The first-order valence-electron chi connectivity index (χ1n) is 8.21. The molecule has 1 N–H and O–H groups in total. The number of piperidine rings is 1. The monoisotopic (exact) mass is 294 g/mol. The molecule has 2 aromatic carbocycles. The first-order valence-corrected chi connectivity index (χ1v) is 8.21. The highest BCUT2D eigenvalue weighted by Gasteiger charge is 2.43. The predicted octanol–water partition coefficient (Wildman–Crippen LogP) is 3.31. The molecule has 3 heteroatoms. The molecule has 1 saturated heterocycles. The van der Waals surface area contributed by atoms with E-state index in [-0.39, 0.29) is 5.82 Å². The fourth-order valence-corrected chi connectivity index (χ4v) is 4.60. The number of hydrogen-bond acceptors (Lipinski definition) is 2. The van der Waals surface area contributed by atoms with Crippen LogP contribution in [0, 0.1) is 5.82 Å². The molecule has 2 atom stereocenters. The van der Waals surface area contributed by atoms with Gasteiger partial charge in [-0.05, 0) is 65.9 Å². The summed E-state index contributed by atoms with van der Waals surface area (Å²) in [6, 6.07) is 12.2. The minimum Gasteiger partial charge on any atom is -0.367 e. The molecule has 0 aromatic heterocycles. The summed E-state index contributed by atoms with van der Waals surface area (Å²) in [5.74, 6) is 0.435. The van der Waals surface area contributed by atoms with E-state index in [1.165, 1.54) is 34.9 Å². The molecule has 0 spiro atoms. The predicted molar refractivity (Wildman–Crippen MR) is 86.9 cm³/mol. The Bertz CT molecular complexity index is 755. The summed E-state index contributed by atoms with van der Waals surface area (Å²) in [5, 5.41) is 3.54. The molecule has 112 valence electrons. The Balaban J connectivity index is 1.67. The van der Waals surface area contributed by atoms with Gasteiger partial charge in [0.15, 0.2) is 0 Å². The molecule has 3 aliphatic heterocycles. The van der Waals surface area contributed by atoms with Crippen molar-refractivity contribution >= 4 is 5.69 Å². The van der Waals surface area contributed by atoms with Gasteiger partial charge in [-0.1, -0.05) is 12.1 Å². The largest absolute Gasteiger partial charge is 0.367 e. The van der Waals surface area contributed by atoms with Gasteiger partial charge in [-0.3, -0.25) is 0 Å². The Morgan fingerprint density at radius 3 is 3.00 bits per heavy atom. The Kier molecular flexibility index (Phi) is 2.62. The normalized spacial score (nSPS) is 25.2. The van der Waals surface area contributed by atoms with E-state index in [4.69, 9.17) is 0 Å². The Labute approximate surface area is 130 Å². The highest BCUT2D eigenvalue weighted by molar-refractivity contribution is 5.77. The van der Waals surface area contributed by atoms with Crippen LogP contribution in [0.15, 0.2) is 36.4 Å². The zero-order valence-corrected chi connectivity index (χ0v) is 12.5. The van der Waals surface area contributed by atoms with Crippen LogP contribution in [0.3, 0.4) is 0 Å². The maximum absolute atomic E-state index is 13.6. The minimum atomic E-state index is -0.159. The fourth-order valence-electron chi connectivity index (χ4n) is 4.60. The number of anilines is 1. The van der Waals surface area contributed by atoms with E-state index in [1.54, 1.807) is 12.1 Å². The highest BCUT2D eigenvalue weighted by Crippen LogP contribution is 2.49. The molecule has 1 fully saturated rings. The van der Waals surface area contributed by atoms with Gasteiger partial charge in [0, 0.05) is 30.7 Å². The third-order valence-corrected chi connectivity index (χ3v) is 5.53. The van der Waals surface area contributed by atoms with Gasteiger partial charge in [-0.15, -0.1) is 0 Å². The van der Waals surface area contributed by atoms with E-state index in [0.29, 0.717) is 12.0 Å². The summed E-state index contributed by atoms with van der Waals surface area (Å²) < 4.78 is 13.6. The molecule has 2 nitrogen and oxygen atoms in total. The summed E-state index contributed by atoms with van der Waals surface area (Å²) in [6.07, 6.45) is 2.36. The Morgan fingerprint density at radius 1 is 1.14 bits per heavy atom. The molecule has 0 saturated carbocycles. The average Bonchev–Trinajstić information content (AvgIpc) is 3.11. The molecular formula is C19H19FN2. The SMILES string of the molecule is Fc1cccc(-c2cc3c4c(c2)[C@H]2CNCC[C@H]2N4CC3)c1. The summed E-state index contributed by atoms with van der Waals surface area (Å²) in [5.41, 5.74) is 6.57. The van der Waals surface area contributed by atoms with Crippen molar-refractivity contribution in [2.45, 2.75) is 24.8 Å². The number of fused-ring (bicyclic) bond motifs is 3. The quantitative estimate of drug-likeness (QED) is 0.868. The average molecular weight is 294 g/mol. The number of nitrogens with one attached hydrogen (secondary N) is 1. The maximum atomic E-state index is 13.6. The lowest BCUT2D eigenvalue weighted by molar-refractivity contribution is 0.405. The third kappa shape index (κ3) is 1.69. The van der Waals surface area contributed by atoms with Crippen molar-refractivity contribution in [2.75, 3.05) is 24.5 Å². The van der Waals surface area contributed by atoms with Crippen molar-refractivity contribution in [2.24, 2.45) is 0 Å². The van der Waals surface area contributed by atoms with Crippen molar-refractivity contribution in [3.8, 4) is 11.1 Å². The first-order chi connectivity index (χ1) is 10.8. The molecule has 0 aliphatic carbocycles. The van der Waals surface area contributed by atoms with Gasteiger partial charge in [0.05, 0.1) is 0 Å². The topological polar surface area (TPSA) is 15.3 Å². The lowest BCUT2D eigenvalue weighted by Crippen LogP contribution is -2.43. The second kappa shape index (κ2) is 4.56. The molecular weight excluding hydrogens is 275 g/mol. The molecule has 0 unspecified atom stereocenters. The van der Waals surface area contributed by atoms with Crippen LogP contribution in [0.5, 0.6) is 0 Å². The van der Waals surface area contributed by atoms with E-state index in [2.05, 4.69) is 22.3 Å². The first kappa shape index (κ1) is 12.7. The summed E-state index contributed by atoms with van der Waals surface area (Å²) in [4.78, 5) is 2.63. The molecule has 2 aromatic rings. The van der Waals surface area contributed by atoms with E-state index >= 15 is 0 Å². The fraction of sp³-hybridized carbons (Fsp3) is 0.368. The second-order valence-corrected chi connectivity index (χ2v) is 6.69. The van der Waals surface area contributed by atoms with Crippen LogP contribution in [0.25, 0.3) is 11.1 Å². The van der Waals surface area contributed by atoms with Gasteiger partial charge >= 0.3 is 0 Å². The molecule has 3 heterocycles. The standard InChI is InChI=1S/C19H19FN2/c20-15-3-1-2-12(9-15)14-8-13-5-7-22-18-4-6-21-11-17(18)16(10-14)19(13)22/h1-3,8-10,17-18,21H,4-7,11H2/t17-,18-/m1/s1. The smallest absolute Gasteiger partial charge is 0.123 e. The molecule has 5 rings (SSSR count). The van der Waals surface area contributed by atoms with Crippen molar-refractivity contribution in [1.82, 2.24) is 5.32 Å². The molecule has 22 heavy (non-hydrogen) atoms. The summed E-state index contributed by atoms with van der Waals surface area (Å²) >= 11 is 0. The lowest BCUT2D eigenvalue weighted by atomic mass is 9.87. The maximum Gasteiger partial charge on any atom is 0.123 e. The van der Waals surface area contributed by atoms with Crippen molar-refractivity contribution in [3.05, 3.63) is 53.3 Å². The van der Waals surface area contributed by atoms with Crippen LogP contribution < -0.4 is 10.2 Å². The number of benzene rings is 2. The molecule has 0 radical (unpaired) electrons. The van der Waals surface area contributed by atoms with Gasteiger partial charge in [0.25, 0.3) is 0 Å².